The van der Waals surface area contributed by atoms with Crippen LogP contribution in [0.25, 0.3) is 0 Å². The Labute approximate surface area is 130 Å². The summed E-state index contributed by atoms with van der Waals surface area (Å²) in [5, 5.41) is 9.77. The number of morpholine rings is 1. The fourth-order valence-electron chi connectivity index (χ4n) is 2.49. The molecule has 2 atom stereocenters. The molecule has 0 amide bonds. The van der Waals surface area contributed by atoms with E-state index in [-0.39, 0.29) is 24.3 Å². The second-order valence-corrected chi connectivity index (χ2v) is 5.61. The van der Waals surface area contributed by atoms with Gasteiger partial charge < -0.3 is 19.3 Å². The Morgan fingerprint density at radius 3 is 3.09 bits per heavy atom. The van der Waals surface area contributed by atoms with Gasteiger partial charge in [-0.2, -0.15) is 0 Å². The van der Waals surface area contributed by atoms with Crippen LogP contribution in [-0.2, 0) is 9.47 Å². The molecular formula is C16H24FNO4. The molecule has 1 aromatic carbocycles. The minimum Gasteiger partial charge on any atom is -0.488 e. The smallest absolute Gasteiger partial charge is 0.165 e. The number of halogens is 1. The zero-order valence-corrected chi connectivity index (χ0v) is 13.1. The number of rotatable bonds is 7. The van der Waals surface area contributed by atoms with E-state index in [4.69, 9.17) is 14.2 Å². The third kappa shape index (κ3) is 5.21. The van der Waals surface area contributed by atoms with E-state index < -0.39 is 6.10 Å². The molecule has 1 aliphatic rings. The fraction of sp³-hybridized carbons (Fsp3) is 0.625. The Balaban J connectivity index is 1.81. The number of methoxy groups -OCH3 is 1. The molecule has 0 unspecified atom stereocenters. The van der Waals surface area contributed by atoms with Crippen LogP contribution in [0.2, 0.25) is 0 Å². The molecule has 0 aromatic heterocycles. The summed E-state index contributed by atoms with van der Waals surface area (Å²) in [6, 6.07) is 4.79. The topological polar surface area (TPSA) is 51.2 Å². The van der Waals surface area contributed by atoms with Crippen molar-refractivity contribution < 1.29 is 23.7 Å². The fourth-order valence-corrected chi connectivity index (χ4v) is 2.49. The van der Waals surface area contributed by atoms with E-state index in [1.165, 1.54) is 6.07 Å². The van der Waals surface area contributed by atoms with E-state index in [1.807, 2.05) is 6.92 Å². The lowest BCUT2D eigenvalue weighted by atomic mass is 10.2. The lowest BCUT2D eigenvalue weighted by Crippen LogP contribution is -2.48. The number of aryl methyl sites for hydroxylation is 1. The summed E-state index contributed by atoms with van der Waals surface area (Å²) in [4.78, 5) is 2.10. The van der Waals surface area contributed by atoms with E-state index in [0.717, 1.165) is 12.1 Å². The van der Waals surface area contributed by atoms with Crippen molar-refractivity contribution in [1.82, 2.24) is 4.90 Å². The Morgan fingerprint density at radius 2 is 2.32 bits per heavy atom. The number of ether oxygens (including phenoxy) is 3. The molecule has 1 saturated heterocycles. The number of β-amino-alcohol motifs (C(OH)–C–C–N with tert-alkyl or cyclic N) is 1. The molecule has 1 heterocycles. The molecule has 0 aliphatic carbocycles. The minimum atomic E-state index is -0.515. The molecule has 1 aromatic rings. The third-order valence-corrected chi connectivity index (χ3v) is 3.56. The largest absolute Gasteiger partial charge is 0.488 e. The van der Waals surface area contributed by atoms with Crippen molar-refractivity contribution in [2.75, 3.05) is 46.6 Å². The molecule has 0 saturated carbocycles. The molecule has 1 aliphatic heterocycles. The van der Waals surface area contributed by atoms with E-state index >= 15 is 0 Å². The molecule has 1 fully saturated rings. The predicted molar refractivity (Wildman–Crippen MR) is 80.7 cm³/mol. The number of nitrogens with zero attached hydrogens (tertiary/aromatic N) is 1. The summed E-state index contributed by atoms with van der Waals surface area (Å²) in [5.41, 5.74) is 0.949. The molecule has 5 nitrogen and oxygen atoms in total. The maximum atomic E-state index is 13.6. The maximum absolute atomic E-state index is 13.6. The molecule has 22 heavy (non-hydrogen) atoms. The van der Waals surface area contributed by atoms with Gasteiger partial charge in [0.1, 0.15) is 12.7 Å². The number of benzene rings is 1. The monoisotopic (exact) mass is 313 g/mol. The van der Waals surface area contributed by atoms with E-state index in [9.17, 15) is 9.50 Å². The van der Waals surface area contributed by atoms with Gasteiger partial charge in [0.2, 0.25) is 0 Å². The highest BCUT2D eigenvalue weighted by Gasteiger charge is 2.23. The van der Waals surface area contributed by atoms with Gasteiger partial charge >= 0.3 is 0 Å². The number of aliphatic hydroxyl groups is 1. The predicted octanol–water partition coefficient (Wildman–Crippen LogP) is 1.22. The number of hydrogen-bond acceptors (Lipinski definition) is 5. The van der Waals surface area contributed by atoms with Crippen LogP contribution >= 0.6 is 0 Å². The number of hydrogen-bond donors (Lipinski definition) is 1. The first-order valence-corrected chi connectivity index (χ1v) is 7.48. The van der Waals surface area contributed by atoms with Crippen LogP contribution in [0.15, 0.2) is 18.2 Å². The SMILES string of the molecule is COC[C@@H](O)CN1CCO[C@H](COc2cc(C)ccc2F)C1. The normalized spacial score (nSPS) is 20.8. The lowest BCUT2D eigenvalue weighted by Gasteiger charge is -2.33. The van der Waals surface area contributed by atoms with Gasteiger partial charge in [0.25, 0.3) is 0 Å². The maximum Gasteiger partial charge on any atom is 0.165 e. The van der Waals surface area contributed by atoms with Crippen molar-refractivity contribution in [1.29, 1.82) is 0 Å². The Morgan fingerprint density at radius 1 is 1.50 bits per heavy atom. The molecule has 124 valence electrons. The van der Waals surface area contributed by atoms with Crippen LogP contribution in [0.3, 0.4) is 0 Å². The molecule has 0 bridgehead atoms. The summed E-state index contributed by atoms with van der Waals surface area (Å²) in [7, 11) is 1.57. The van der Waals surface area contributed by atoms with Crippen LogP contribution in [0.4, 0.5) is 4.39 Å². The van der Waals surface area contributed by atoms with Crippen LogP contribution in [-0.4, -0.2) is 68.8 Å². The van der Waals surface area contributed by atoms with Crippen LogP contribution in [0.1, 0.15) is 5.56 Å². The van der Waals surface area contributed by atoms with Gasteiger partial charge in [-0.3, -0.25) is 4.90 Å². The van der Waals surface area contributed by atoms with E-state index in [0.29, 0.717) is 26.3 Å². The van der Waals surface area contributed by atoms with Gasteiger partial charge in [0, 0.05) is 26.7 Å². The molecule has 6 heteroatoms. The van der Waals surface area contributed by atoms with Gasteiger partial charge in [-0.1, -0.05) is 6.07 Å². The second-order valence-electron chi connectivity index (χ2n) is 5.61. The molecule has 0 radical (unpaired) electrons. The number of aliphatic hydroxyl groups excluding tert-OH is 1. The van der Waals surface area contributed by atoms with Crippen molar-refractivity contribution in [3.8, 4) is 5.75 Å². The molecule has 1 N–H and O–H groups in total. The van der Waals surface area contributed by atoms with Gasteiger partial charge in [0.15, 0.2) is 11.6 Å². The van der Waals surface area contributed by atoms with Gasteiger partial charge in [-0.25, -0.2) is 4.39 Å². The van der Waals surface area contributed by atoms with Gasteiger partial charge in [-0.15, -0.1) is 0 Å². The average molecular weight is 313 g/mol. The molecule has 2 rings (SSSR count). The quantitative estimate of drug-likeness (QED) is 0.820. The zero-order valence-electron chi connectivity index (χ0n) is 13.1. The summed E-state index contributed by atoms with van der Waals surface area (Å²) in [6.45, 7) is 5.01. The Kier molecular flexibility index (Phi) is 6.57. The standard InChI is InChI=1S/C16H24FNO4/c1-12-3-4-15(17)16(7-12)22-11-14-9-18(5-6-21-14)8-13(19)10-20-2/h3-4,7,13-14,19H,5-6,8-11H2,1-2H3/t13-,14-/m0/s1. The van der Waals surface area contributed by atoms with Gasteiger partial charge in [0.05, 0.1) is 19.3 Å². The minimum absolute atomic E-state index is 0.136. The lowest BCUT2D eigenvalue weighted by molar-refractivity contribution is -0.0629. The van der Waals surface area contributed by atoms with Crippen molar-refractivity contribution in [2.45, 2.75) is 19.1 Å². The summed E-state index contributed by atoms with van der Waals surface area (Å²) in [6.07, 6.45) is -0.651. The summed E-state index contributed by atoms with van der Waals surface area (Å²) in [5.74, 6) is -0.117. The van der Waals surface area contributed by atoms with Crippen molar-refractivity contribution in [3.05, 3.63) is 29.6 Å². The highest BCUT2D eigenvalue weighted by molar-refractivity contribution is 5.29. The van der Waals surface area contributed by atoms with Crippen molar-refractivity contribution in [3.63, 3.8) is 0 Å². The summed E-state index contributed by atoms with van der Waals surface area (Å²) < 4.78 is 29.7. The summed E-state index contributed by atoms with van der Waals surface area (Å²) >= 11 is 0. The second kappa shape index (κ2) is 8.43. The third-order valence-electron chi connectivity index (χ3n) is 3.56. The van der Waals surface area contributed by atoms with Crippen LogP contribution in [0, 0.1) is 12.7 Å². The highest BCUT2D eigenvalue weighted by Crippen LogP contribution is 2.19. The average Bonchev–Trinajstić information content (AvgIpc) is 2.49. The first-order chi connectivity index (χ1) is 10.6. The zero-order chi connectivity index (χ0) is 15.9. The van der Waals surface area contributed by atoms with Crippen LogP contribution < -0.4 is 4.74 Å². The van der Waals surface area contributed by atoms with E-state index in [2.05, 4.69) is 4.90 Å². The van der Waals surface area contributed by atoms with Crippen molar-refractivity contribution >= 4 is 0 Å². The molecular weight excluding hydrogens is 289 g/mol. The Bertz CT molecular complexity index is 471. The Hall–Kier alpha value is -1.21. The first-order valence-electron chi connectivity index (χ1n) is 7.48. The molecule has 0 spiro atoms. The van der Waals surface area contributed by atoms with Crippen LogP contribution in [0.5, 0.6) is 5.75 Å². The highest BCUT2D eigenvalue weighted by atomic mass is 19.1. The van der Waals surface area contributed by atoms with Crippen molar-refractivity contribution in [2.24, 2.45) is 0 Å². The first kappa shape index (κ1) is 17.1. The van der Waals surface area contributed by atoms with E-state index in [1.54, 1.807) is 19.2 Å². The van der Waals surface area contributed by atoms with Gasteiger partial charge in [-0.05, 0) is 24.6 Å².